The highest BCUT2D eigenvalue weighted by atomic mass is 19.1. The number of rotatable bonds is 7. The Labute approximate surface area is 134 Å². The van der Waals surface area contributed by atoms with Crippen molar-refractivity contribution in [1.82, 2.24) is 4.98 Å². The first-order valence-corrected chi connectivity index (χ1v) is 7.68. The van der Waals surface area contributed by atoms with Gasteiger partial charge < -0.3 is 9.47 Å². The van der Waals surface area contributed by atoms with Gasteiger partial charge >= 0.3 is 0 Å². The zero-order chi connectivity index (χ0) is 15.9. The fourth-order valence-corrected chi connectivity index (χ4v) is 2.33. The molecule has 1 aromatic heterocycles. The van der Waals surface area contributed by atoms with Crippen molar-refractivity contribution in [3.63, 3.8) is 0 Å². The number of hydrogen-bond donors (Lipinski definition) is 0. The number of benzene rings is 2. The first kappa shape index (κ1) is 15.3. The first-order chi connectivity index (χ1) is 11.3. The molecule has 0 unspecified atom stereocenters. The van der Waals surface area contributed by atoms with Crippen LogP contribution in [0.15, 0.2) is 60.8 Å². The van der Waals surface area contributed by atoms with Crippen molar-refractivity contribution in [3.05, 3.63) is 66.6 Å². The van der Waals surface area contributed by atoms with Crippen LogP contribution in [0.5, 0.6) is 11.5 Å². The SMILES string of the molecule is Fc1cccc2c(OCCCCOc3ccccc3)ccnc12. The van der Waals surface area contributed by atoms with Crippen molar-refractivity contribution in [2.75, 3.05) is 13.2 Å². The zero-order valence-corrected chi connectivity index (χ0v) is 12.7. The predicted molar refractivity (Wildman–Crippen MR) is 88.4 cm³/mol. The Hall–Kier alpha value is -2.62. The molecule has 0 aliphatic carbocycles. The predicted octanol–water partition coefficient (Wildman–Crippen LogP) is 4.61. The van der Waals surface area contributed by atoms with E-state index in [-0.39, 0.29) is 5.82 Å². The number of hydrogen-bond acceptors (Lipinski definition) is 3. The van der Waals surface area contributed by atoms with Gasteiger partial charge in [-0.15, -0.1) is 0 Å². The van der Waals surface area contributed by atoms with Crippen LogP contribution in [0, 0.1) is 5.82 Å². The van der Waals surface area contributed by atoms with E-state index in [2.05, 4.69) is 4.98 Å². The topological polar surface area (TPSA) is 31.4 Å². The third-order valence-corrected chi connectivity index (χ3v) is 3.49. The van der Waals surface area contributed by atoms with Gasteiger partial charge in [-0.25, -0.2) is 4.39 Å². The zero-order valence-electron chi connectivity index (χ0n) is 12.7. The summed E-state index contributed by atoms with van der Waals surface area (Å²) in [7, 11) is 0. The van der Waals surface area contributed by atoms with E-state index in [0.717, 1.165) is 18.6 Å². The minimum Gasteiger partial charge on any atom is -0.494 e. The number of pyridine rings is 1. The molecule has 0 spiro atoms. The number of unbranched alkanes of at least 4 members (excludes halogenated alkanes) is 1. The molecule has 0 saturated carbocycles. The highest BCUT2D eigenvalue weighted by Gasteiger charge is 2.06. The second-order valence-electron chi connectivity index (χ2n) is 5.16. The van der Waals surface area contributed by atoms with Gasteiger partial charge in [0.1, 0.15) is 22.8 Å². The molecule has 0 bridgehead atoms. The molecule has 3 aromatic rings. The van der Waals surface area contributed by atoms with Gasteiger partial charge in [-0.1, -0.05) is 24.3 Å². The van der Waals surface area contributed by atoms with Crippen LogP contribution in [0.1, 0.15) is 12.8 Å². The molecule has 3 nitrogen and oxygen atoms in total. The number of fused-ring (bicyclic) bond motifs is 1. The van der Waals surface area contributed by atoms with Gasteiger partial charge in [0.2, 0.25) is 0 Å². The van der Waals surface area contributed by atoms with Gasteiger partial charge in [-0.3, -0.25) is 4.98 Å². The number of nitrogens with zero attached hydrogens (tertiary/aromatic N) is 1. The maximum Gasteiger partial charge on any atom is 0.149 e. The quantitative estimate of drug-likeness (QED) is 0.597. The maximum absolute atomic E-state index is 13.7. The van der Waals surface area contributed by atoms with Crippen LogP contribution in [0.2, 0.25) is 0 Å². The Morgan fingerprint density at radius 1 is 0.826 bits per heavy atom. The molecule has 4 heteroatoms. The molecule has 23 heavy (non-hydrogen) atoms. The standard InChI is InChI=1S/C19H18FNO2/c20-17-10-6-9-16-18(11-12-21-19(16)17)23-14-5-4-13-22-15-7-2-1-3-8-15/h1-3,6-12H,4-5,13-14H2. The summed E-state index contributed by atoms with van der Waals surface area (Å²) in [6, 6.07) is 16.4. The average Bonchev–Trinajstić information content (AvgIpc) is 2.59. The van der Waals surface area contributed by atoms with Crippen molar-refractivity contribution in [2.45, 2.75) is 12.8 Å². The van der Waals surface area contributed by atoms with Crippen LogP contribution in [0.4, 0.5) is 4.39 Å². The molecule has 0 fully saturated rings. The molecule has 2 aromatic carbocycles. The molecule has 0 N–H and O–H groups in total. The number of para-hydroxylation sites is 2. The molecular weight excluding hydrogens is 293 g/mol. The van der Waals surface area contributed by atoms with Crippen molar-refractivity contribution >= 4 is 10.9 Å². The smallest absolute Gasteiger partial charge is 0.149 e. The number of ether oxygens (including phenoxy) is 2. The summed E-state index contributed by atoms with van der Waals surface area (Å²) in [5.41, 5.74) is 0.345. The largest absolute Gasteiger partial charge is 0.494 e. The van der Waals surface area contributed by atoms with Gasteiger partial charge in [-0.2, -0.15) is 0 Å². The van der Waals surface area contributed by atoms with E-state index in [4.69, 9.17) is 9.47 Å². The Morgan fingerprint density at radius 3 is 2.43 bits per heavy atom. The maximum atomic E-state index is 13.7. The monoisotopic (exact) mass is 311 g/mol. The van der Waals surface area contributed by atoms with Crippen molar-refractivity contribution in [2.24, 2.45) is 0 Å². The van der Waals surface area contributed by atoms with Crippen molar-refractivity contribution < 1.29 is 13.9 Å². The van der Waals surface area contributed by atoms with Gasteiger partial charge in [0.15, 0.2) is 0 Å². The summed E-state index contributed by atoms with van der Waals surface area (Å²) in [5.74, 6) is 1.21. The lowest BCUT2D eigenvalue weighted by molar-refractivity contribution is 0.268. The minimum atomic E-state index is -0.329. The summed E-state index contributed by atoms with van der Waals surface area (Å²) < 4.78 is 25.1. The van der Waals surface area contributed by atoms with E-state index in [1.807, 2.05) is 36.4 Å². The van der Waals surface area contributed by atoms with Crippen LogP contribution in [0.3, 0.4) is 0 Å². The Morgan fingerprint density at radius 2 is 1.61 bits per heavy atom. The molecular formula is C19H18FNO2. The molecule has 0 saturated heterocycles. The van der Waals surface area contributed by atoms with Crippen LogP contribution in [0.25, 0.3) is 10.9 Å². The highest BCUT2D eigenvalue weighted by Crippen LogP contribution is 2.25. The Kier molecular flexibility index (Phi) is 5.04. The normalized spacial score (nSPS) is 10.7. The lowest BCUT2D eigenvalue weighted by Crippen LogP contribution is -2.03. The second kappa shape index (κ2) is 7.58. The average molecular weight is 311 g/mol. The van der Waals surface area contributed by atoms with Crippen LogP contribution in [-0.2, 0) is 0 Å². The van der Waals surface area contributed by atoms with Crippen LogP contribution in [-0.4, -0.2) is 18.2 Å². The molecule has 3 rings (SSSR count). The molecule has 1 heterocycles. The van der Waals surface area contributed by atoms with Crippen molar-refractivity contribution in [1.29, 1.82) is 0 Å². The minimum absolute atomic E-state index is 0.329. The van der Waals surface area contributed by atoms with E-state index in [9.17, 15) is 4.39 Å². The molecule has 0 aliphatic rings. The van der Waals surface area contributed by atoms with Crippen LogP contribution < -0.4 is 9.47 Å². The summed E-state index contributed by atoms with van der Waals surface area (Å²) in [6.45, 7) is 1.22. The second-order valence-corrected chi connectivity index (χ2v) is 5.16. The van der Waals surface area contributed by atoms with E-state index in [0.29, 0.717) is 29.9 Å². The third-order valence-electron chi connectivity index (χ3n) is 3.49. The van der Waals surface area contributed by atoms with E-state index in [1.165, 1.54) is 6.07 Å². The lowest BCUT2D eigenvalue weighted by Gasteiger charge is -2.09. The van der Waals surface area contributed by atoms with Crippen LogP contribution >= 0.6 is 0 Å². The summed E-state index contributed by atoms with van der Waals surface area (Å²) >= 11 is 0. The fraction of sp³-hybridized carbons (Fsp3) is 0.211. The van der Waals surface area contributed by atoms with E-state index in [1.54, 1.807) is 18.3 Å². The molecule has 0 atom stereocenters. The molecule has 0 aliphatic heterocycles. The van der Waals surface area contributed by atoms with Gasteiger partial charge in [0.25, 0.3) is 0 Å². The van der Waals surface area contributed by atoms with Gasteiger partial charge in [-0.05, 0) is 43.2 Å². The Balaban J connectivity index is 1.47. The highest BCUT2D eigenvalue weighted by molar-refractivity contribution is 5.85. The van der Waals surface area contributed by atoms with E-state index >= 15 is 0 Å². The summed E-state index contributed by atoms with van der Waals surface area (Å²) in [5, 5.41) is 0.702. The van der Waals surface area contributed by atoms with Gasteiger partial charge in [0.05, 0.1) is 13.2 Å². The molecule has 0 radical (unpaired) electrons. The third kappa shape index (κ3) is 3.97. The molecule has 0 amide bonds. The van der Waals surface area contributed by atoms with Gasteiger partial charge in [0, 0.05) is 11.6 Å². The fourth-order valence-electron chi connectivity index (χ4n) is 2.33. The van der Waals surface area contributed by atoms with E-state index < -0.39 is 0 Å². The number of halogens is 1. The molecule has 118 valence electrons. The summed E-state index contributed by atoms with van der Waals surface area (Å²) in [4.78, 5) is 4.06. The Bertz CT molecular complexity index is 762. The number of aromatic nitrogens is 1. The lowest BCUT2D eigenvalue weighted by atomic mass is 10.2. The first-order valence-electron chi connectivity index (χ1n) is 7.68. The summed E-state index contributed by atoms with van der Waals surface area (Å²) in [6.07, 6.45) is 3.33. The van der Waals surface area contributed by atoms with Crippen molar-refractivity contribution in [3.8, 4) is 11.5 Å².